The highest BCUT2D eigenvalue weighted by atomic mass is 16.6. The number of aliphatic carboxylic acids is 1. The van der Waals surface area contributed by atoms with E-state index >= 15 is 0 Å². The number of allylic oxidation sites excluding steroid dienone is 2. The number of ether oxygens (including phenoxy) is 2. The van der Waals surface area contributed by atoms with Crippen LogP contribution in [0.2, 0.25) is 0 Å². The molecule has 0 unspecified atom stereocenters. The minimum Gasteiger partial charge on any atom is -0.481 e. The molecule has 10 heteroatoms. The third-order valence-electron chi connectivity index (χ3n) is 4.02. The van der Waals surface area contributed by atoms with Crippen molar-refractivity contribution in [2.24, 2.45) is 0 Å². The monoisotopic (exact) mass is 406 g/mol. The summed E-state index contributed by atoms with van der Waals surface area (Å²) in [6.45, 7) is 4.37. The SMILES string of the molecule is CC(=O)O.COC(=O)C1=C(C)NC(C)=C(C(=O)OC)C1c1ccccc1[N+](=O)[O-]. The van der Waals surface area contributed by atoms with E-state index in [2.05, 4.69) is 5.32 Å². The smallest absolute Gasteiger partial charge is 0.336 e. The van der Waals surface area contributed by atoms with E-state index in [0.717, 1.165) is 6.92 Å². The van der Waals surface area contributed by atoms with Crippen LogP contribution < -0.4 is 5.32 Å². The van der Waals surface area contributed by atoms with Crippen LogP contribution in [0.25, 0.3) is 0 Å². The van der Waals surface area contributed by atoms with Gasteiger partial charge >= 0.3 is 11.9 Å². The van der Waals surface area contributed by atoms with Gasteiger partial charge in [0.2, 0.25) is 0 Å². The van der Waals surface area contributed by atoms with E-state index in [1.165, 1.54) is 32.4 Å². The number of para-hydroxylation sites is 1. The van der Waals surface area contributed by atoms with E-state index in [-0.39, 0.29) is 22.4 Å². The van der Waals surface area contributed by atoms with E-state index in [1.807, 2.05) is 0 Å². The lowest BCUT2D eigenvalue weighted by molar-refractivity contribution is -0.385. The molecule has 1 aliphatic rings. The molecule has 2 rings (SSSR count). The maximum Gasteiger partial charge on any atom is 0.336 e. The average Bonchev–Trinajstić information content (AvgIpc) is 2.65. The van der Waals surface area contributed by atoms with Gasteiger partial charge in [-0.2, -0.15) is 0 Å². The average molecular weight is 406 g/mol. The van der Waals surface area contributed by atoms with Crippen LogP contribution in [-0.2, 0) is 23.9 Å². The van der Waals surface area contributed by atoms with Crippen molar-refractivity contribution < 1.29 is 33.9 Å². The fourth-order valence-electron chi connectivity index (χ4n) is 2.96. The van der Waals surface area contributed by atoms with Gasteiger partial charge in [0.1, 0.15) is 0 Å². The molecule has 0 fully saturated rings. The number of methoxy groups -OCH3 is 2. The first-order chi connectivity index (χ1) is 13.6. The summed E-state index contributed by atoms with van der Waals surface area (Å²) in [5.74, 6) is -3.16. The number of dihydropyridines is 1. The zero-order chi connectivity index (χ0) is 22.3. The highest BCUT2D eigenvalue weighted by Gasteiger charge is 2.40. The number of nitrogens with one attached hydrogen (secondary N) is 1. The summed E-state index contributed by atoms with van der Waals surface area (Å²) >= 11 is 0. The number of rotatable bonds is 4. The Bertz CT molecular complexity index is 859. The molecule has 1 aliphatic heterocycles. The number of benzene rings is 1. The Morgan fingerprint density at radius 1 is 1.03 bits per heavy atom. The molecule has 0 spiro atoms. The second-order valence-corrected chi connectivity index (χ2v) is 5.95. The van der Waals surface area contributed by atoms with Gasteiger partial charge in [-0.15, -0.1) is 0 Å². The fraction of sp³-hybridized carbons (Fsp3) is 0.316. The molecule has 0 bridgehead atoms. The second-order valence-electron chi connectivity index (χ2n) is 5.95. The number of hydrogen-bond donors (Lipinski definition) is 2. The molecule has 0 radical (unpaired) electrons. The van der Waals surface area contributed by atoms with E-state index in [9.17, 15) is 19.7 Å². The van der Waals surface area contributed by atoms with Gasteiger partial charge in [0.15, 0.2) is 0 Å². The number of nitro groups is 1. The summed E-state index contributed by atoms with van der Waals surface area (Å²) in [5.41, 5.74) is 1.19. The Hall–Kier alpha value is -3.69. The van der Waals surface area contributed by atoms with Crippen LogP contribution in [0.3, 0.4) is 0 Å². The van der Waals surface area contributed by atoms with Crippen LogP contribution in [0.1, 0.15) is 32.3 Å². The molecule has 10 nitrogen and oxygen atoms in total. The normalized spacial score (nSPS) is 13.7. The lowest BCUT2D eigenvalue weighted by atomic mass is 9.79. The first-order valence-corrected chi connectivity index (χ1v) is 8.34. The highest BCUT2D eigenvalue weighted by molar-refractivity contribution is 6.00. The number of carbonyl (C=O) groups excluding carboxylic acids is 2. The van der Waals surface area contributed by atoms with Crippen molar-refractivity contribution in [2.75, 3.05) is 14.2 Å². The largest absolute Gasteiger partial charge is 0.481 e. The summed E-state index contributed by atoms with van der Waals surface area (Å²) in [7, 11) is 2.42. The number of nitro benzene ring substituents is 1. The van der Waals surface area contributed by atoms with Crippen molar-refractivity contribution in [1.82, 2.24) is 5.32 Å². The summed E-state index contributed by atoms with van der Waals surface area (Å²) in [5, 5.41) is 21.8. The fourth-order valence-corrected chi connectivity index (χ4v) is 2.96. The van der Waals surface area contributed by atoms with Crippen molar-refractivity contribution in [3.05, 3.63) is 62.5 Å². The van der Waals surface area contributed by atoms with E-state index in [1.54, 1.807) is 19.9 Å². The Morgan fingerprint density at radius 3 is 1.83 bits per heavy atom. The maximum atomic E-state index is 12.3. The minimum absolute atomic E-state index is 0.128. The lowest BCUT2D eigenvalue weighted by Crippen LogP contribution is -2.32. The number of carboxylic acids is 1. The van der Waals surface area contributed by atoms with Crippen molar-refractivity contribution in [3.8, 4) is 0 Å². The molecule has 0 aliphatic carbocycles. The van der Waals surface area contributed by atoms with Crippen molar-refractivity contribution in [3.63, 3.8) is 0 Å². The van der Waals surface area contributed by atoms with Crippen molar-refractivity contribution in [1.29, 1.82) is 0 Å². The maximum absolute atomic E-state index is 12.3. The van der Waals surface area contributed by atoms with Gasteiger partial charge in [-0.05, 0) is 13.8 Å². The van der Waals surface area contributed by atoms with Gasteiger partial charge in [0.05, 0.1) is 36.2 Å². The quantitative estimate of drug-likeness (QED) is 0.437. The summed E-state index contributed by atoms with van der Waals surface area (Å²) in [4.78, 5) is 44.6. The van der Waals surface area contributed by atoms with Crippen LogP contribution >= 0.6 is 0 Å². The van der Waals surface area contributed by atoms with Crippen molar-refractivity contribution in [2.45, 2.75) is 26.7 Å². The third kappa shape index (κ3) is 5.41. The van der Waals surface area contributed by atoms with Gasteiger partial charge in [0, 0.05) is 29.9 Å². The molecule has 156 valence electrons. The summed E-state index contributed by atoms with van der Waals surface area (Å²) in [6.07, 6.45) is 0. The van der Waals surface area contributed by atoms with Crippen LogP contribution in [0.5, 0.6) is 0 Å². The number of esters is 2. The number of nitrogens with zero attached hydrogens (tertiary/aromatic N) is 1. The Kier molecular flexibility index (Phi) is 8.07. The van der Waals surface area contributed by atoms with E-state index < -0.39 is 28.7 Å². The zero-order valence-electron chi connectivity index (χ0n) is 16.6. The first kappa shape index (κ1) is 23.3. The van der Waals surface area contributed by atoms with Crippen LogP contribution in [0, 0.1) is 10.1 Å². The molecule has 2 N–H and O–H groups in total. The lowest BCUT2D eigenvalue weighted by Gasteiger charge is -2.29. The zero-order valence-corrected chi connectivity index (χ0v) is 16.6. The first-order valence-electron chi connectivity index (χ1n) is 8.34. The molecule has 1 heterocycles. The molecular formula is C19H22N2O8. The van der Waals surface area contributed by atoms with Gasteiger partial charge in [0.25, 0.3) is 11.7 Å². The summed E-state index contributed by atoms with van der Waals surface area (Å²) in [6, 6.07) is 5.97. The number of carboxylic acid groups (broad SMARTS) is 1. The molecular weight excluding hydrogens is 384 g/mol. The van der Waals surface area contributed by atoms with Crippen molar-refractivity contribution >= 4 is 23.6 Å². The van der Waals surface area contributed by atoms with Crippen LogP contribution in [0.4, 0.5) is 5.69 Å². The van der Waals surface area contributed by atoms with Crippen LogP contribution in [-0.4, -0.2) is 42.2 Å². The van der Waals surface area contributed by atoms with E-state index in [4.69, 9.17) is 19.4 Å². The molecule has 1 aromatic carbocycles. The van der Waals surface area contributed by atoms with Crippen LogP contribution in [0.15, 0.2) is 46.8 Å². The molecule has 0 saturated carbocycles. The predicted molar refractivity (Wildman–Crippen MR) is 102 cm³/mol. The molecule has 0 atom stereocenters. The Balaban J connectivity index is 0.000000960. The molecule has 0 amide bonds. The standard InChI is InChI=1S/C17H18N2O6.C2H4O2/c1-9-13(16(20)24-3)15(14(10(2)18-9)17(21)25-4)11-7-5-6-8-12(11)19(22)23;1-2(3)4/h5-8,15,18H,1-4H3;1H3,(H,3,4). The summed E-state index contributed by atoms with van der Waals surface area (Å²) < 4.78 is 9.66. The third-order valence-corrected chi connectivity index (χ3v) is 4.02. The second kappa shape index (κ2) is 10.0. The number of carbonyl (C=O) groups is 3. The highest BCUT2D eigenvalue weighted by Crippen LogP contribution is 2.42. The Labute approximate surface area is 167 Å². The molecule has 29 heavy (non-hydrogen) atoms. The van der Waals surface area contributed by atoms with Gasteiger partial charge in [-0.1, -0.05) is 18.2 Å². The Morgan fingerprint density at radius 2 is 1.45 bits per heavy atom. The minimum atomic E-state index is -0.970. The number of hydrogen-bond acceptors (Lipinski definition) is 8. The molecule has 0 aromatic heterocycles. The topological polar surface area (TPSA) is 145 Å². The van der Waals surface area contributed by atoms with Gasteiger partial charge < -0.3 is 19.9 Å². The van der Waals surface area contributed by atoms with E-state index in [0.29, 0.717) is 11.4 Å². The predicted octanol–water partition coefficient (Wildman–Crippen LogP) is 2.27. The molecule has 0 saturated heterocycles. The van der Waals surface area contributed by atoms with Gasteiger partial charge in [-0.3, -0.25) is 14.9 Å². The van der Waals surface area contributed by atoms with Gasteiger partial charge in [-0.25, -0.2) is 9.59 Å². The molecule has 1 aromatic rings.